The summed E-state index contributed by atoms with van der Waals surface area (Å²) >= 11 is 0. The lowest BCUT2D eigenvalue weighted by molar-refractivity contribution is 0.362. The molecule has 0 aliphatic carbocycles. The van der Waals surface area contributed by atoms with Crippen LogP contribution in [0.4, 0.5) is 0 Å². The van der Waals surface area contributed by atoms with Crippen molar-refractivity contribution in [3.05, 3.63) is 12.1 Å². The maximum absolute atomic E-state index is 9.47. The minimum atomic E-state index is -0.812. The van der Waals surface area contributed by atoms with Gasteiger partial charge in [0, 0.05) is 0 Å². The fourth-order valence-electron chi connectivity index (χ4n) is 1.48. The molecule has 0 saturated heterocycles. The Bertz CT molecular complexity index is 541. The fourth-order valence-corrected chi connectivity index (χ4v) is 1.48. The average molecular weight is 224 g/mol. The second-order valence-electron chi connectivity index (χ2n) is 3.28. The molecule has 0 atom stereocenters. The van der Waals surface area contributed by atoms with Crippen LogP contribution in [-0.4, -0.2) is 30.6 Å². The van der Waals surface area contributed by atoms with E-state index in [1.165, 1.54) is 0 Å². The quantitative estimate of drug-likeness (QED) is 0.372. The molecule has 0 radical (unpaired) electrons. The minimum Gasteiger partial charge on any atom is -0.504 e. The van der Waals surface area contributed by atoms with Crippen molar-refractivity contribution in [3.63, 3.8) is 0 Å². The number of rotatable bonds is 0. The molecule has 0 fully saturated rings. The highest BCUT2D eigenvalue weighted by atomic mass is 16.3. The summed E-state index contributed by atoms with van der Waals surface area (Å²) in [5, 5.41) is 55.7. The Hall–Kier alpha value is -2.50. The van der Waals surface area contributed by atoms with Crippen LogP contribution >= 0.6 is 0 Å². The topological polar surface area (TPSA) is 121 Å². The van der Waals surface area contributed by atoms with Crippen LogP contribution < -0.4 is 0 Å². The lowest BCUT2D eigenvalue weighted by Crippen LogP contribution is -1.80. The van der Waals surface area contributed by atoms with Crippen molar-refractivity contribution >= 4 is 10.8 Å². The highest BCUT2D eigenvalue weighted by Crippen LogP contribution is 2.50. The molecule has 0 spiro atoms. The number of hydrogen-bond donors (Lipinski definition) is 6. The van der Waals surface area contributed by atoms with E-state index in [0.717, 1.165) is 12.1 Å². The van der Waals surface area contributed by atoms with Gasteiger partial charge in [-0.3, -0.25) is 0 Å². The summed E-state index contributed by atoms with van der Waals surface area (Å²) in [6.45, 7) is 0. The van der Waals surface area contributed by atoms with Gasteiger partial charge in [-0.25, -0.2) is 0 Å². The molecular formula is C10H8O6. The van der Waals surface area contributed by atoms with Crippen molar-refractivity contribution < 1.29 is 30.6 Å². The predicted octanol–water partition coefficient (Wildman–Crippen LogP) is 1.07. The van der Waals surface area contributed by atoms with Gasteiger partial charge in [0.05, 0.1) is 5.39 Å². The van der Waals surface area contributed by atoms with Crippen LogP contribution in [0.25, 0.3) is 10.8 Å². The third-order valence-electron chi connectivity index (χ3n) is 2.28. The summed E-state index contributed by atoms with van der Waals surface area (Å²) in [6, 6.07) is 2.06. The molecular weight excluding hydrogens is 216 g/mol. The third kappa shape index (κ3) is 1.13. The summed E-state index contributed by atoms with van der Waals surface area (Å²) in [4.78, 5) is 0. The normalized spacial score (nSPS) is 10.8. The average Bonchev–Trinajstić information content (AvgIpc) is 2.23. The van der Waals surface area contributed by atoms with Gasteiger partial charge in [0.2, 0.25) is 11.5 Å². The van der Waals surface area contributed by atoms with Crippen molar-refractivity contribution in [3.8, 4) is 34.5 Å². The predicted molar refractivity (Wildman–Crippen MR) is 53.9 cm³/mol. The van der Waals surface area contributed by atoms with Gasteiger partial charge in [-0.15, -0.1) is 0 Å². The molecule has 2 rings (SSSR count). The van der Waals surface area contributed by atoms with E-state index in [4.69, 9.17) is 0 Å². The molecule has 0 bridgehead atoms. The number of aromatic hydroxyl groups is 6. The molecule has 6 nitrogen and oxygen atoms in total. The standard InChI is InChI=1S/C10H8O6/c11-4-1-3-2-5(12)8(14)10(16)6(3)9(15)7(4)13/h1-2,11-16H. The number of hydrogen-bond acceptors (Lipinski definition) is 6. The lowest BCUT2D eigenvalue weighted by Gasteiger charge is -2.09. The second kappa shape index (κ2) is 2.99. The van der Waals surface area contributed by atoms with Crippen molar-refractivity contribution in [2.45, 2.75) is 0 Å². The minimum absolute atomic E-state index is 0.0700. The van der Waals surface area contributed by atoms with Crippen molar-refractivity contribution in [1.29, 1.82) is 0 Å². The van der Waals surface area contributed by atoms with E-state index in [1.54, 1.807) is 0 Å². The van der Waals surface area contributed by atoms with Gasteiger partial charge in [0.15, 0.2) is 23.0 Å². The van der Waals surface area contributed by atoms with Gasteiger partial charge in [0.25, 0.3) is 0 Å². The Morgan fingerprint density at radius 1 is 0.562 bits per heavy atom. The summed E-state index contributed by atoms with van der Waals surface area (Å²) in [7, 11) is 0. The molecule has 0 heterocycles. The lowest BCUT2D eigenvalue weighted by atomic mass is 10.1. The maximum Gasteiger partial charge on any atom is 0.201 e. The number of benzene rings is 2. The SMILES string of the molecule is Oc1cc2cc(O)c(O)c(O)c2c(O)c1O. The van der Waals surface area contributed by atoms with Crippen LogP contribution in [0.3, 0.4) is 0 Å². The zero-order chi connectivity index (χ0) is 12.0. The Morgan fingerprint density at radius 2 is 0.938 bits per heavy atom. The van der Waals surface area contributed by atoms with Crippen LogP contribution in [0.15, 0.2) is 12.1 Å². The molecule has 2 aromatic carbocycles. The van der Waals surface area contributed by atoms with E-state index in [1.807, 2.05) is 0 Å². The molecule has 0 amide bonds. The molecule has 0 aliphatic heterocycles. The number of fused-ring (bicyclic) bond motifs is 1. The van der Waals surface area contributed by atoms with E-state index < -0.39 is 34.5 Å². The first kappa shape index (κ1) is 10.0. The number of phenolic OH excluding ortho intramolecular Hbond substituents is 6. The fraction of sp³-hybridized carbons (Fsp3) is 0. The van der Waals surface area contributed by atoms with Crippen molar-refractivity contribution in [2.24, 2.45) is 0 Å². The van der Waals surface area contributed by atoms with Crippen molar-refractivity contribution in [1.82, 2.24) is 0 Å². The van der Waals surface area contributed by atoms with Gasteiger partial charge in [-0.2, -0.15) is 0 Å². The van der Waals surface area contributed by atoms with Crippen LogP contribution in [0.2, 0.25) is 0 Å². The summed E-state index contributed by atoms with van der Waals surface area (Å²) < 4.78 is 0. The summed E-state index contributed by atoms with van der Waals surface area (Å²) in [5.41, 5.74) is 0. The molecule has 6 N–H and O–H groups in total. The Morgan fingerprint density at radius 3 is 1.31 bits per heavy atom. The van der Waals surface area contributed by atoms with E-state index in [0.29, 0.717) is 0 Å². The molecule has 2 aromatic rings. The van der Waals surface area contributed by atoms with Crippen LogP contribution in [0.1, 0.15) is 0 Å². The van der Waals surface area contributed by atoms with Gasteiger partial charge < -0.3 is 30.6 Å². The van der Waals surface area contributed by atoms with E-state index in [2.05, 4.69) is 0 Å². The van der Waals surface area contributed by atoms with E-state index in [9.17, 15) is 30.6 Å². The Labute approximate surface area is 88.9 Å². The molecule has 84 valence electrons. The molecule has 0 aromatic heterocycles. The first-order chi connectivity index (χ1) is 7.43. The molecule has 0 unspecified atom stereocenters. The largest absolute Gasteiger partial charge is 0.504 e. The zero-order valence-corrected chi connectivity index (χ0v) is 7.84. The maximum atomic E-state index is 9.47. The van der Waals surface area contributed by atoms with Gasteiger partial charge in [0.1, 0.15) is 0 Å². The molecule has 0 aliphatic rings. The van der Waals surface area contributed by atoms with Gasteiger partial charge in [-0.1, -0.05) is 0 Å². The van der Waals surface area contributed by atoms with Crippen LogP contribution in [0, 0.1) is 0 Å². The number of phenols is 6. The second-order valence-corrected chi connectivity index (χ2v) is 3.28. The highest BCUT2D eigenvalue weighted by molar-refractivity contribution is 5.99. The highest BCUT2D eigenvalue weighted by Gasteiger charge is 2.19. The molecule has 0 saturated carbocycles. The first-order valence-corrected chi connectivity index (χ1v) is 4.25. The monoisotopic (exact) mass is 224 g/mol. The van der Waals surface area contributed by atoms with Crippen LogP contribution in [-0.2, 0) is 0 Å². The Kier molecular flexibility index (Phi) is 1.88. The summed E-state index contributed by atoms with van der Waals surface area (Å²) in [6.07, 6.45) is 0. The van der Waals surface area contributed by atoms with Gasteiger partial charge in [-0.05, 0) is 17.5 Å². The van der Waals surface area contributed by atoms with Crippen molar-refractivity contribution in [2.75, 3.05) is 0 Å². The first-order valence-electron chi connectivity index (χ1n) is 4.25. The Balaban J connectivity index is 3.03. The van der Waals surface area contributed by atoms with Crippen LogP contribution in [0.5, 0.6) is 34.5 Å². The molecule has 6 heteroatoms. The smallest absolute Gasteiger partial charge is 0.201 e. The molecule has 16 heavy (non-hydrogen) atoms. The van der Waals surface area contributed by atoms with E-state index in [-0.39, 0.29) is 10.8 Å². The third-order valence-corrected chi connectivity index (χ3v) is 2.28. The van der Waals surface area contributed by atoms with Gasteiger partial charge >= 0.3 is 0 Å². The zero-order valence-electron chi connectivity index (χ0n) is 7.84. The summed E-state index contributed by atoms with van der Waals surface area (Å²) in [5.74, 6) is -4.38. The van der Waals surface area contributed by atoms with E-state index >= 15 is 0 Å².